The zero-order valence-corrected chi connectivity index (χ0v) is 15.6. The average Bonchev–Trinajstić information content (AvgIpc) is 2.62. The second kappa shape index (κ2) is 8.30. The fraction of sp³-hybridized carbons (Fsp3) is 0.294. The summed E-state index contributed by atoms with van der Waals surface area (Å²) in [6, 6.07) is 8.75. The summed E-state index contributed by atoms with van der Waals surface area (Å²) in [7, 11) is -2.62. The molecule has 5 nitrogen and oxygen atoms in total. The van der Waals surface area contributed by atoms with E-state index in [-0.39, 0.29) is 29.6 Å². The van der Waals surface area contributed by atoms with Crippen molar-refractivity contribution < 1.29 is 21.9 Å². The van der Waals surface area contributed by atoms with Gasteiger partial charge in [0.25, 0.3) is 0 Å². The number of benzene rings is 2. The first-order chi connectivity index (χ1) is 11.9. The molecule has 0 bridgehead atoms. The van der Waals surface area contributed by atoms with Crippen LogP contribution in [-0.4, -0.2) is 39.5 Å². The number of hydrogen-bond acceptors (Lipinski definition) is 4. The van der Waals surface area contributed by atoms with Crippen molar-refractivity contribution in [1.82, 2.24) is 9.62 Å². The number of nitrogens with one attached hydrogen (secondary N) is 1. The van der Waals surface area contributed by atoms with Gasteiger partial charge in [0.05, 0.1) is 18.0 Å². The summed E-state index contributed by atoms with van der Waals surface area (Å²) in [5.74, 6) is -1.20. The molecule has 142 valence electrons. The molecule has 1 atom stereocenters. The minimum absolute atomic E-state index is 0. The van der Waals surface area contributed by atoms with Gasteiger partial charge in [-0.1, -0.05) is 12.1 Å². The molecular formula is C17H19ClF2N2O3S. The summed E-state index contributed by atoms with van der Waals surface area (Å²) < 4.78 is 59.5. The Labute approximate surface area is 157 Å². The van der Waals surface area contributed by atoms with E-state index in [0.29, 0.717) is 18.7 Å². The Bertz CT molecular complexity index is 880. The largest absolute Gasteiger partial charge is 0.494 e. The zero-order valence-electron chi connectivity index (χ0n) is 14.0. The molecule has 0 aromatic heterocycles. The molecule has 9 heteroatoms. The van der Waals surface area contributed by atoms with Gasteiger partial charge < -0.3 is 10.1 Å². The second-order valence-electron chi connectivity index (χ2n) is 5.69. The highest BCUT2D eigenvalue weighted by molar-refractivity contribution is 7.89. The Balaban J connectivity index is 0.00000243. The number of piperazine rings is 1. The molecule has 1 fully saturated rings. The third-order valence-corrected chi connectivity index (χ3v) is 6.06. The first kappa shape index (κ1) is 20.6. The summed E-state index contributed by atoms with van der Waals surface area (Å²) in [6.07, 6.45) is 0. The molecule has 0 spiro atoms. The predicted molar refractivity (Wildman–Crippen MR) is 96.1 cm³/mol. The number of rotatable bonds is 4. The lowest BCUT2D eigenvalue weighted by Gasteiger charge is -2.35. The molecule has 26 heavy (non-hydrogen) atoms. The molecule has 1 aliphatic rings. The maximum absolute atomic E-state index is 13.6. The molecule has 0 saturated carbocycles. The Kier molecular flexibility index (Phi) is 6.57. The lowest BCUT2D eigenvalue weighted by molar-refractivity contribution is 0.271. The van der Waals surface area contributed by atoms with Crippen molar-refractivity contribution in [3.05, 3.63) is 59.7 Å². The number of methoxy groups -OCH3 is 1. The van der Waals surface area contributed by atoms with Gasteiger partial charge in [0.1, 0.15) is 5.82 Å². The topological polar surface area (TPSA) is 58.6 Å². The van der Waals surface area contributed by atoms with Crippen molar-refractivity contribution >= 4 is 22.4 Å². The third-order valence-electron chi connectivity index (χ3n) is 4.16. The molecule has 1 N–H and O–H groups in total. The fourth-order valence-electron chi connectivity index (χ4n) is 2.91. The van der Waals surface area contributed by atoms with Crippen molar-refractivity contribution in [2.24, 2.45) is 0 Å². The third kappa shape index (κ3) is 3.98. The Morgan fingerprint density at radius 2 is 1.96 bits per heavy atom. The van der Waals surface area contributed by atoms with Crippen LogP contribution in [0.3, 0.4) is 0 Å². The van der Waals surface area contributed by atoms with Gasteiger partial charge in [0.15, 0.2) is 11.6 Å². The molecule has 0 aliphatic carbocycles. The molecule has 3 rings (SSSR count). The highest BCUT2D eigenvalue weighted by Crippen LogP contribution is 2.31. The summed E-state index contributed by atoms with van der Waals surface area (Å²) in [4.78, 5) is -0.0611. The molecular weight excluding hydrogens is 386 g/mol. The number of nitrogens with zero attached hydrogens (tertiary/aromatic N) is 1. The molecule has 1 aliphatic heterocycles. The van der Waals surface area contributed by atoms with Crippen LogP contribution in [-0.2, 0) is 10.0 Å². The van der Waals surface area contributed by atoms with Crippen molar-refractivity contribution in [2.75, 3.05) is 26.7 Å². The molecule has 1 saturated heterocycles. The Hall–Kier alpha value is -1.74. The second-order valence-corrected chi connectivity index (χ2v) is 7.58. The van der Waals surface area contributed by atoms with E-state index in [2.05, 4.69) is 5.32 Å². The highest BCUT2D eigenvalue weighted by atomic mass is 35.5. The lowest BCUT2D eigenvalue weighted by atomic mass is 10.1. The van der Waals surface area contributed by atoms with Crippen LogP contribution in [0, 0.1) is 11.6 Å². The van der Waals surface area contributed by atoms with Crippen LogP contribution in [0.15, 0.2) is 47.4 Å². The van der Waals surface area contributed by atoms with Gasteiger partial charge in [0.2, 0.25) is 10.0 Å². The quantitative estimate of drug-likeness (QED) is 0.851. The summed E-state index contributed by atoms with van der Waals surface area (Å²) in [5, 5.41) is 3.12. The van der Waals surface area contributed by atoms with Crippen LogP contribution in [0.4, 0.5) is 8.78 Å². The van der Waals surface area contributed by atoms with Gasteiger partial charge in [-0.25, -0.2) is 17.2 Å². The number of hydrogen-bond donors (Lipinski definition) is 1. The number of halogens is 3. The van der Waals surface area contributed by atoms with Crippen molar-refractivity contribution in [3.8, 4) is 5.75 Å². The normalized spacial score (nSPS) is 18.2. The van der Waals surface area contributed by atoms with E-state index in [0.717, 1.165) is 12.1 Å². The lowest BCUT2D eigenvalue weighted by Crippen LogP contribution is -2.48. The molecule has 0 amide bonds. The minimum atomic E-state index is -3.90. The van der Waals surface area contributed by atoms with E-state index >= 15 is 0 Å². The van der Waals surface area contributed by atoms with E-state index in [4.69, 9.17) is 4.74 Å². The molecule has 2 aromatic rings. The summed E-state index contributed by atoms with van der Waals surface area (Å²) >= 11 is 0. The molecule has 2 aromatic carbocycles. The van der Waals surface area contributed by atoms with Crippen LogP contribution in [0.5, 0.6) is 5.75 Å². The van der Waals surface area contributed by atoms with Crippen molar-refractivity contribution in [3.63, 3.8) is 0 Å². The van der Waals surface area contributed by atoms with Gasteiger partial charge in [0, 0.05) is 25.7 Å². The van der Waals surface area contributed by atoms with E-state index in [1.165, 1.54) is 29.6 Å². The van der Waals surface area contributed by atoms with E-state index in [9.17, 15) is 17.2 Å². The first-order valence-corrected chi connectivity index (χ1v) is 9.19. The monoisotopic (exact) mass is 404 g/mol. The maximum atomic E-state index is 13.6. The van der Waals surface area contributed by atoms with Crippen LogP contribution < -0.4 is 10.1 Å². The molecule has 1 heterocycles. The molecule has 1 unspecified atom stereocenters. The standard InChI is InChI=1S/C17H18F2N2O3S.ClH/c1-24-17-10-14(5-6-15(17)19)25(22,23)21-8-7-20-11-16(21)12-3-2-4-13(18)9-12;/h2-6,9-10,16,20H,7-8,11H2,1H3;1H. The van der Waals surface area contributed by atoms with Crippen molar-refractivity contribution in [1.29, 1.82) is 0 Å². The zero-order chi connectivity index (χ0) is 18.0. The summed E-state index contributed by atoms with van der Waals surface area (Å²) in [5.41, 5.74) is 0.560. The van der Waals surface area contributed by atoms with Crippen LogP contribution in [0.25, 0.3) is 0 Å². The minimum Gasteiger partial charge on any atom is -0.494 e. The van der Waals surface area contributed by atoms with Gasteiger partial charge >= 0.3 is 0 Å². The van der Waals surface area contributed by atoms with Gasteiger partial charge in [-0.3, -0.25) is 0 Å². The number of sulfonamides is 1. The predicted octanol–water partition coefficient (Wildman–Crippen LogP) is 2.73. The van der Waals surface area contributed by atoms with E-state index in [1.54, 1.807) is 12.1 Å². The van der Waals surface area contributed by atoms with Gasteiger partial charge in [-0.2, -0.15) is 4.31 Å². The van der Waals surface area contributed by atoms with Gasteiger partial charge in [-0.15, -0.1) is 12.4 Å². The fourth-order valence-corrected chi connectivity index (χ4v) is 4.54. The Morgan fingerprint density at radius 1 is 1.19 bits per heavy atom. The molecule has 0 radical (unpaired) electrons. The first-order valence-electron chi connectivity index (χ1n) is 7.75. The van der Waals surface area contributed by atoms with Crippen LogP contribution in [0.1, 0.15) is 11.6 Å². The highest BCUT2D eigenvalue weighted by Gasteiger charge is 2.35. The smallest absolute Gasteiger partial charge is 0.243 e. The Morgan fingerprint density at radius 3 is 2.65 bits per heavy atom. The summed E-state index contributed by atoms with van der Waals surface area (Å²) in [6.45, 7) is 1.06. The SMILES string of the molecule is COc1cc(S(=O)(=O)N2CCNCC2c2cccc(F)c2)ccc1F.Cl. The van der Waals surface area contributed by atoms with E-state index < -0.39 is 27.7 Å². The van der Waals surface area contributed by atoms with Crippen LogP contribution >= 0.6 is 12.4 Å². The van der Waals surface area contributed by atoms with Gasteiger partial charge in [-0.05, 0) is 29.8 Å². The van der Waals surface area contributed by atoms with Crippen molar-refractivity contribution in [2.45, 2.75) is 10.9 Å². The maximum Gasteiger partial charge on any atom is 0.243 e. The van der Waals surface area contributed by atoms with E-state index in [1.807, 2.05) is 0 Å². The van der Waals surface area contributed by atoms with Crippen LogP contribution in [0.2, 0.25) is 0 Å². The number of ether oxygens (including phenoxy) is 1. The average molecular weight is 405 g/mol.